The first kappa shape index (κ1) is 38.8. The lowest BCUT2D eigenvalue weighted by Crippen LogP contribution is -2.78. The molecule has 1 aromatic rings. The van der Waals surface area contributed by atoms with Crippen molar-refractivity contribution in [2.24, 2.45) is 29.0 Å². The molecule has 47 heavy (non-hydrogen) atoms. The fourth-order valence-electron chi connectivity index (χ4n) is 5.45. The Kier molecular flexibility index (Phi) is 15.4. The molecule has 15 nitrogen and oxygen atoms in total. The zero-order valence-electron chi connectivity index (χ0n) is 27.8. The van der Waals surface area contributed by atoms with E-state index in [2.05, 4.69) is 20.9 Å². The van der Waals surface area contributed by atoms with Crippen molar-refractivity contribution < 1.29 is 39.2 Å². The highest BCUT2D eigenvalue weighted by molar-refractivity contribution is 5.96. The van der Waals surface area contributed by atoms with E-state index in [4.69, 9.17) is 17.2 Å². The second-order valence-electron chi connectivity index (χ2n) is 12.7. The Balaban J connectivity index is 2.26. The number of nitrogens with zero attached hydrogens (tertiary/aromatic N) is 1. The molecule has 0 radical (unpaired) electrons. The maximum absolute atomic E-state index is 13.8. The van der Waals surface area contributed by atoms with Gasteiger partial charge in [-0.1, -0.05) is 46.2 Å². The van der Waals surface area contributed by atoms with Crippen LogP contribution in [0.25, 0.3) is 0 Å². The van der Waals surface area contributed by atoms with E-state index in [1.807, 2.05) is 20.8 Å². The number of carboxylic acid groups (broad SMARTS) is 1. The Labute approximate surface area is 276 Å². The molecule has 1 heterocycles. The zero-order valence-corrected chi connectivity index (χ0v) is 27.8. The number of nitrogens with two attached hydrogens (primary N) is 3. The van der Waals surface area contributed by atoms with Crippen LogP contribution >= 0.6 is 0 Å². The number of phenolic OH excluding ortho intramolecular Hbond substituents is 1. The first-order valence-electron chi connectivity index (χ1n) is 16.2. The van der Waals surface area contributed by atoms with E-state index < -0.39 is 53.9 Å². The Morgan fingerprint density at radius 3 is 2.23 bits per heavy atom. The number of hydrogen-bond acceptors (Lipinski definition) is 7. The molecule has 1 aliphatic heterocycles. The van der Waals surface area contributed by atoms with Crippen LogP contribution in [0, 0.1) is 11.8 Å². The molecule has 2 rings (SSSR count). The van der Waals surface area contributed by atoms with E-state index in [1.54, 1.807) is 19.1 Å². The number of aliphatic carboxylic acids is 1. The predicted molar refractivity (Wildman–Crippen MR) is 175 cm³/mol. The molecule has 15 heteroatoms. The second kappa shape index (κ2) is 18.7. The van der Waals surface area contributed by atoms with E-state index in [0.717, 1.165) is 0 Å². The lowest BCUT2D eigenvalue weighted by molar-refractivity contribution is -0.459. The van der Waals surface area contributed by atoms with Crippen LogP contribution in [0.1, 0.15) is 71.8 Å². The van der Waals surface area contributed by atoms with Crippen LogP contribution in [-0.2, 0) is 30.4 Å². The highest BCUT2D eigenvalue weighted by Gasteiger charge is 2.38. The lowest BCUT2D eigenvalue weighted by atomic mass is 9.96. The van der Waals surface area contributed by atoms with Crippen molar-refractivity contribution in [2.45, 2.75) is 103 Å². The topological polar surface area (TPSA) is 257 Å². The van der Waals surface area contributed by atoms with Gasteiger partial charge < -0.3 is 36.8 Å². The third-order valence-electron chi connectivity index (χ3n) is 8.30. The molecule has 262 valence electrons. The molecule has 4 amide bonds. The van der Waals surface area contributed by atoms with Gasteiger partial charge >= 0.3 is 11.9 Å². The number of aromatic hydroxyl groups is 1. The minimum absolute atomic E-state index is 0.000661. The largest absolute Gasteiger partial charge is 0.508 e. The average Bonchev–Trinajstić information content (AvgIpc) is 3.51. The number of carbonyl (C=O) groups is 5. The van der Waals surface area contributed by atoms with Crippen LogP contribution in [0.3, 0.4) is 0 Å². The Morgan fingerprint density at radius 2 is 1.66 bits per heavy atom. The monoisotopic (exact) mass is 661 g/mol. The van der Waals surface area contributed by atoms with Crippen LogP contribution in [0.2, 0.25) is 0 Å². The standard InChI is InChI=1S/C32H52N8O7/c1-5-19(4)26(29(44)38-24(31(46)47)16-18(2)3)39-27(42)23(17-20-10-12-21(41)13-11-20)37-28(43)25-9-7-15-40(25)30(45)22(33)8-6-14-36-32(34)35/h10-13,18-19,22-26,41H,5-9,14-17,33H2,1-4H3,(H,37,43)(H,38,44)(H,39,42)(H,46,47)(H4,34,35,36)/p+1/t19-,22-,23-,24-,25-,26-/m0/s1. The molecule has 0 aliphatic carbocycles. The van der Waals surface area contributed by atoms with Crippen LogP contribution in [-0.4, -0.2) is 94.0 Å². The number of carbonyl (C=O) groups excluding carboxylic acids is 4. The summed E-state index contributed by atoms with van der Waals surface area (Å²) in [6.45, 7) is 8.06. The molecular formula is C32H53N8O7+. The van der Waals surface area contributed by atoms with Crippen LogP contribution in [0.5, 0.6) is 5.75 Å². The second-order valence-corrected chi connectivity index (χ2v) is 12.7. The number of carboxylic acids is 1. The van der Waals surface area contributed by atoms with E-state index >= 15 is 0 Å². The molecule has 6 atom stereocenters. The maximum atomic E-state index is 13.8. The fraction of sp³-hybridized carbons (Fsp3) is 0.625. The van der Waals surface area contributed by atoms with Gasteiger partial charge in [-0.05, 0) is 61.6 Å². The minimum Gasteiger partial charge on any atom is -0.508 e. The average molecular weight is 662 g/mol. The summed E-state index contributed by atoms with van der Waals surface area (Å²) < 4.78 is 0. The van der Waals surface area contributed by atoms with Gasteiger partial charge in [0.05, 0.1) is 12.6 Å². The summed E-state index contributed by atoms with van der Waals surface area (Å²) in [4.78, 5) is 70.1. The molecule has 0 aromatic heterocycles. The third-order valence-corrected chi connectivity index (χ3v) is 8.30. The molecule has 1 aliphatic rings. The van der Waals surface area contributed by atoms with E-state index in [-0.39, 0.29) is 42.3 Å². The molecule has 0 unspecified atom stereocenters. The van der Waals surface area contributed by atoms with Gasteiger partial charge in [0.15, 0.2) is 0 Å². The minimum atomic E-state index is -1.18. The molecule has 0 saturated carbocycles. The van der Waals surface area contributed by atoms with Gasteiger partial charge in [0.2, 0.25) is 23.6 Å². The number of likely N-dealkylation sites (tertiary alicyclic amines) is 1. The lowest BCUT2D eigenvalue weighted by Gasteiger charge is -2.30. The highest BCUT2D eigenvalue weighted by atomic mass is 16.4. The van der Waals surface area contributed by atoms with E-state index in [9.17, 15) is 34.2 Å². The van der Waals surface area contributed by atoms with Gasteiger partial charge in [-0.15, -0.1) is 0 Å². The summed E-state index contributed by atoms with van der Waals surface area (Å²) in [6.07, 6.45) is 2.55. The van der Waals surface area contributed by atoms with Crippen molar-refractivity contribution in [1.29, 1.82) is 0 Å². The number of benzene rings is 1. The summed E-state index contributed by atoms with van der Waals surface area (Å²) in [5.74, 6) is -3.66. The molecule has 0 spiro atoms. The predicted octanol–water partition coefficient (Wildman–Crippen LogP) is -1.98. The number of amides is 4. The fourth-order valence-corrected chi connectivity index (χ4v) is 5.45. The van der Waals surface area contributed by atoms with Crippen molar-refractivity contribution >= 4 is 35.6 Å². The summed E-state index contributed by atoms with van der Waals surface area (Å²) in [6, 6.07) is 1.06. The first-order valence-corrected chi connectivity index (χ1v) is 16.2. The van der Waals surface area contributed by atoms with Crippen molar-refractivity contribution in [3.05, 3.63) is 29.8 Å². The van der Waals surface area contributed by atoms with E-state index in [0.29, 0.717) is 50.8 Å². The molecule has 1 fully saturated rings. The van der Waals surface area contributed by atoms with Crippen molar-refractivity contribution in [3.63, 3.8) is 0 Å². The van der Waals surface area contributed by atoms with Crippen molar-refractivity contribution in [3.8, 4) is 5.75 Å². The number of rotatable bonds is 18. The number of phenols is 1. The highest BCUT2D eigenvalue weighted by Crippen LogP contribution is 2.20. The van der Waals surface area contributed by atoms with Crippen molar-refractivity contribution in [2.75, 3.05) is 13.1 Å². The van der Waals surface area contributed by atoms with Gasteiger partial charge in [0.25, 0.3) is 0 Å². The SMILES string of the molecule is CC[C@H](C)[C@H](NC(=O)[C@H](Cc1ccc(O)cc1)NC(=O)[C@@H]1CCCN1C(=O)[C@@H](N)CCC[NH+]=C(N)N)C(=O)N[C@@H](CC(C)C)C(=O)O. The summed E-state index contributed by atoms with van der Waals surface area (Å²) in [5, 5.41) is 27.5. The number of guanidine groups is 1. The normalized spacial score (nSPS) is 17.6. The van der Waals surface area contributed by atoms with Gasteiger partial charge in [0, 0.05) is 13.0 Å². The molecule has 0 bridgehead atoms. The van der Waals surface area contributed by atoms with Gasteiger partial charge in [-0.25, -0.2) is 4.79 Å². The Bertz CT molecular complexity index is 1250. The molecule has 12 N–H and O–H groups in total. The van der Waals surface area contributed by atoms with Crippen LogP contribution in [0.15, 0.2) is 24.3 Å². The molecule has 1 saturated heterocycles. The summed E-state index contributed by atoms with van der Waals surface area (Å²) in [5.41, 5.74) is 17.6. The Hall–Kier alpha value is -4.40. The van der Waals surface area contributed by atoms with Gasteiger partial charge in [-0.2, -0.15) is 0 Å². The Morgan fingerprint density at radius 1 is 1.00 bits per heavy atom. The van der Waals surface area contributed by atoms with Crippen LogP contribution < -0.4 is 38.1 Å². The quantitative estimate of drug-likeness (QED) is 0.0476. The first-order chi connectivity index (χ1) is 22.1. The maximum Gasteiger partial charge on any atom is 0.338 e. The van der Waals surface area contributed by atoms with Gasteiger partial charge in [0.1, 0.15) is 29.9 Å². The van der Waals surface area contributed by atoms with E-state index in [1.165, 1.54) is 17.0 Å². The number of nitrogens with one attached hydrogen (secondary N) is 4. The molecular weight excluding hydrogens is 608 g/mol. The zero-order chi connectivity index (χ0) is 35.3. The third kappa shape index (κ3) is 12.4. The van der Waals surface area contributed by atoms with Crippen molar-refractivity contribution in [1.82, 2.24) is 20.9 Å². The van der Waals surface area contributed by atoms with Gasteiger partial charge in [-0.3, -0.25) is 35.6 Å². The summed E-state index contributed by atoms with van der Waals surface area (Å²) >= 11 is 0. The summed E-state index contributed by atoms with van der Waals surface area (Å²) in [7, 11) is 0. The van der Waals surface area contributed by atoms with Crippen LogP contribution in [0.4, 0.5) is 0 Å². The molecule has 1 aromatic carbocycles. The number of hydrogen-bond donors (Lipinski definition) is 9. The smallest absolute Gasteiger partial charge is 0.338 e.